The molecule has 0 amide bonds. The van der Waals surface area contributed by atoms with E-state index in [-0.39, 0.29) is 19.3 Å². The summed E-state index contributed by atoms with van der Waals surface area (Å²) in [6.45, 7) is 7.19. The van der Waals surface area contributed by atoms with Crippen molar-refractivity contribution in [3.8, 4) is 5.75 Å². The van der Waals surface area contributed by atoms with Gasteiger partial charge in [-0.25, -0.2) is 5.84 Å². The molecule has 0 aliphatic heterocycles. The van der Waals surface area contributed by atoms with Gasteiger partial charge >= 0.3 is 5.97 Å². The van der Waals surface area contributed by atoms with E-state index in [2.05, 4.69) is 4.98 Å². The lowest BCUT2D eigenvalue weighted by Gasteiger charge is -2.24. The minimum atomic E-state index is -0.587. The van der Waals surface area contributed by atoms with Crippen LogP contribution in [-0.4, -0.2) is 29.3 Å². The largest absolute Gasteiger partial charge is 0.485 e. The maximum Gasteiger partial charge on any atom is 0.312 e. The Morgan fingerprint density at radius 2 is 2.14 bits per heavy atom. The van der Waals surface area contributed by atoms with E-state index in [0.717, 1.165) is 5.69 Å². The predicted octanol–water partition coefficient (Wildman–Crippen LogP) is 1.29. The Hall–Kier alpha value is -2.28. The molecule has 1 heterocycles. The fourth-order valence-corrected chi connectivity index (χ4v) is 1.43. The number of hydrogen-bond donors (Lipinski definition) is 2. The number of carbonyl (C=O) groups excluding carboxylic acids is 1. The van der Waals surface area contributed by atoms with Crippen LogP contribution in [0.25, 0.3) is 0 Å². The number of ether oxygens (including phenoxy) is 2. The van der Waals surface area contributed by atoms with Gasteiger partial charge in [-0.05, 0) is 39.8 Å². The molecule has 0 spiro atoms. The number of aromatic nitrogens is 1. The molecule has 0 saturated carbocycles. The number of aryl methyl sites for hydroxylation is 1. The molecular formula is C15H24N4O3. The SMILES string of the molecule is Cc1ncccc1OC/C(=C/N)N(N)COC(=O)C(C)(C)C. The van der Waals surface area contributed by atoms with Crippen molar-refractivity contribution >= 4 is 5.97 Å². The second kappa shape index (κ2) is 7.65. The molecule has 0 bridgehead atoms. The Bertz CT molecular complexity index is 538. The highest BCUT2D eigenvalue weighted by Gasteiger charge is 2.23. The zero-order valence-electron chi connectivity index (χ0n) is 13.5. The van der Waals surface area contributed by atoms with Gasteiger partial charge in [0.25, 0.3) is 0 Å². The van der Waals surface area contributed by atoms with E-state index in [1.165, 1.54) is 11.2 Å². The molecule has 7 nitrogen and oxygen atoms in total. The molecule has 4 N–H and O–H groups in total. The number of hydrogen-bond acceptors (Lipinski definition) is 7. The lowest BCUT2D eigenvalue weighted by atomic mass is 9.98. The number of pyridine rings is 1. The van der Waals surface area contributed by atoms with E-state index in [4.69, 9.17) is 21.1 Å². The highest BCUT2D eigenvalue weighted by molar-refractivity contribution is 5.75. The van der Waals surface area contributed by atoms with Crippen LogP contribution >= 0.6 is 0 Å². The Labute approximate surface area is 130 Å². The molecule has 0 unspecified atom stereocenters. The zero-order valence-corrected chi connectivity index (χ0v) is 13.5. The molecule has 0 fully saturated rings. The molecule has 1 rings (SSSR count). The van der Waals surface area contributed by atoms with Gasteiger partial charge in [-0.3, -0.25) is 14.8 Å². The highest BCUT2D eigenvalue weighted by atomic mass is 16.5. The Balaban J connectivity index is 2.54. The van der Waals surface area contributed by atoms with Crippen LogP contribution in [0.1, 0.15) is 26.5 Å². The highest BCUT2D eigenvalue weighted by Crippen LogP contribution is 2.16. The van der Waals surface area contributed by atoms with Gasteiger partial charge in [0, 0.05) is 12.4 Å². The molecule has 122 valence electrons. The van der Waals surface area contributed by atoms with Gasteiger partial charge in [-0.15, -0.1) is 0 Å². The lowest BCUT2D eigenvalue weighted by Crippen LogP contribution is -2.38. The van der Waals surface area contributed by atoms with Crippen LogP contribution in [0.15, 0.2) is 30.2 Å². The molecule has 0 saturated heterocycles. The molecular weight excluding hydrogens is 284 g/mol. The monoisotopic (exact) mass is 308 g/mol. The number of rotatable bonds is 6. The van der Waals surface area contributed by atoms with Crippen molar-refractivity contribution in [2.75, 3.05) is 13.3 Å². The molecule has 0 radical (unpaired) electrons. The van der Waals surface area contributed by atoms with Crippen molar-refractivity contribution in [1.29, 1.82) is 0 Å². The first kappa shape index (κ1) is 17.8. The van der Waals surface area contributed by atoms with E-state index in [0.29, 0.717) is 11.4 Å². The molecule has 0 aromatic carbocycles. The zero-order chi connectivity index (χ0) is 16.8. The van der Waals surface area contributed by atoms with E-state index < -0.39 is 5.41 Å². The first-order chi connectivity index (χ1) is 10.3. The second-order valence-electron chi connectivity index (χ2n) is 5.81. The molecule has 7 heteroatoms. The molecule has 22 heavy (non-hydrogen) atoms. The fourth-order valence-electron chi connectivity index (χ4n) is 1.43. The van der Waals surface area contributed by atoms with Crippen LogP contribution in [0.2, 0.25) is 0 Å². The minimum absolute atomic E-state index is 0.103. The smallest absolute Gasteiger partial charge is 0.312 e. The minimum Gasteiger partial charge on any atom is -0.485 e. The molecule has 0 aliphatic rings. The summed E-state index contributed by atoms with van der Waals surface area (Å²) in [6.07, 6.45) is 3.00. The quantitative estimate of drug-likeness (QED) is 0.353. The van der Waals surface area contributed by atoms with E-state index in [9.17, 15) is 4.79 Å². The van der Waals surface area contributed by atoms with Crippen molar-refractivity contribution in [3.05, 3.63) is 35.9 Å². The summed E-state index contributed by atoms with van der Waals surface area (Å²) >= 11 is 0. The van der Waals surface area contributed by atoms with Crippen molar-refractivity contribution in [1.82, 2.24) is 9.99 Å². The predicted molar refractivity (Wildman–Crippen MR) is 83.2 cm³/mol. The Morgan fingerprint density at radius 1 is 1.45 bits per heavy atom. The van der Waals surface area contributed by atoms with Gasteiger partial charge in [0.05, 0.1) is 16.8 Å². The van der Waals surface area contributed by atoms with Crippen molar-refractivity contribution < 1.29 is 14.3 Å². The number of hydrazine groups is 1. The standard InChI is InChI=1S/C15H24N4O3/c1-11-13(6-5-7-18-11)21-9-12(8-16)19(17)10-22-14(20)15(2,3)4/h5-8H,9-10,16-17H2,1-4H3/b12-8-. The third kappa shape index (κ3) is 5.25. The lowest BCUT2D eigenvalue weighted by molar-refractivity contribution is -0.157. The van der Waals surface area contributed by atoms with Gasteiger partial charge in [-0.2, -0.15) is 0 Å². The van der Waals surface area contributed by atoms with Crippen LogP contribution in [0.4, 0.5) is 0 Å². The molecule has 1 aromatic rings. The molecule has 1 aromatic heterocycles. The summed E-state index contributed by atoms with van der Waals surface area (Å²) in [7, 11) is 0. The summed E-state index contributed by atoms with van der Waals surface area (Å²) < 4.78 is 10.7. The Kier molecular flexibility index (Phi) is 6.18. The van der Waals surface area contributed by atoms with Crippen molar-refractivity contribution in [2.24, 2.45) is 17.0 Å². The second-order valence-corrected chi connectivity index (χ2v) is 5.81. The number of esters is 1. The maximum absolute atomic E-state index is 11.7. The van der Waals surface area contributed by atoms with E-state index in [1.807, 2.05) is 6.92 Å². The third-order valence-electron chi connectivity index (χ3n) is 2.84. The summed E-state index contributed by atoms with van der Waals surface area (Å²) in [5, 5.41) is 1.23. The topological polar surface area (TPSA) is 104 Å². The van der Waals surface area contributed by atoms with Gasteiger partial charge < -0.3 is 15.2 Å². The molecule has 0 aliphatic carbocycles. The first-order valence-electron chi connectivity index (χ1n) is 6.90. The number of nitrogens with two attached hydrogens (primary N) is 2. The number of nitrogens with zero attached hydrogens (tertiary/aromatic N) is 2. The van der Waals surface area contributed by atoms with Crippen molar-refractivity contribution in [3.63, 3.8) is 0 Å². The summed E-state index contributed by atoms with van der Waals surface area (Å²) in [6, 6.07) is 3.58. The number of carbonyl (C=O) groups is 1. The van der Waals surface area contributed by atoms with Crippen LogP contribution in [0.3, 0.4) is 0 Å². The first-order valence-corrected chi connectivity index (χ1v) is 6.90. The van der Waals surface area contributed by atoms with Gasteiger partial charge in [0.15, 0.2) is 6.73 Å². The van der Waals surface area contributed by atoms with Crippen molar-refractivity contribution in [2.45, 2.75) is 27.7 Å². The van der Waals surface area contributed by atoms with E-state index >= 15 is 0 Å². The van der Waals surface area contributed by atoms with Crippen LogP contribution in [-0.2, 0) is 9.53 Å². The summed E-state index contributed by atoms with van der Waals surface area (Å²) in [5.41, 5.74) is 6.22. The molecule has 0 atom stereocenters. The van der Waals surface area contributed by atoms with Crippen LogP contribution in [0.5, 0.6) is 5.75 Å². The Morgan fingerprint density at radius 3 is 2.68 bits per heavy atom. The normalized spacial score (nSPS) is 12.0. The van der Waals surface area contributed by atoms with Crippen LogP contribution < -0.4 is 16.3 Å². The maximum atomic E-state index is 11.7. The van der Waals surface area contributed by atoms with Crippen LogP contribution in [0, 0.1) is 12.3 Å². The summed E-state index contributed by atoms with van der Waals surface area (Å²) in [4.78, 5) is 15.8. The van der Waals surface area contributed by atoms with Gasteiger partial charge in [0.1, 0.15) is 12.4 Å². The third-order valence-corrected chi connectivity index (χ3v) is 2.84. The van der Waals surface area contributed by atoms with E-state index in [1.54, 1.807) is 39.1 Å². The average Bonchev–Trinajstić information content (AvgIpc) is 2.46. The average molecular weight is 308 g/mol. The fraction of sp³-hybridized carbons (Fsp3) is 0.467. The summed E-state index contributed by atoms with van der Waals surface area (Å²) in [5.74, 6) is 6.13. The van der Waals surface area contributed by atoms with Gasteiger partial charge in [0.2, 0.25) is 0 Å². The van der Waals surface area contributed by atoms with Gasteiger partial charge in [-0.1, -0.05) is 0 Å².